The number of rotatable bonds is 5. The molecule has 2 rings (SSSR count). The minimum absolute atomic E-state index is 0.304. The van der Waals surface area contributed by atoms with Crippen molar-refractivity contribution in [2.75, 3.05) is 18.4 Å². The van der Waals surface area contributed by atoms with Crippen LogP contribution in [0.4, 0.5) is 5.69 Å². The van der Waals surface area contributed by atoms with E-state index in [0.29, 0.717) is 17.1 Å². The predicted molar refractivity (Wildman–Crippen MR) is 86.0 cm³/mol. The van der Waals surface area contributed by atoms with Crippen molar-refractivity contribution in [2.24, 2.45) is 0 Å². The molecule has 0 saturated heterocycles. The lowest BCUT2D eigenvalue weighted by Crippen LogP contribution is -2.26. The maximum absolute atomic E-state index is 12.7. The van der Waals surface area contributed by atoms with Crippen LogP contribution >= 0.6 is 0 Å². The molecule has 0 aliphatic rings. The Hall–Kier alpha value is -1.85. The van der Waals surface area contributed by atoms with Crippen molar-refractivity contribution in [3.63, 3.8) is 0 Å². The molecule has 1 N–H and O–H groups in total. The molecule has 112 valence electrons. The van der Waals surface area contributed by atoms with Gasteiger partial charge in [0.1, 0.15) is 0 Å². The summed E-state index contributed by atoms with van der Waals surface area (Å²) in [4.78, 5) is 0.304. The zero-order chi connectivity index (χ0) is 15.5. The molecule has 0 saturated carbocycles. The highest BCUT2D eigenvalue weighted by molar-refractivity contribution is 7.92. The molecule has 5 heteroatoms. The molecule has 2 aromatic rings. The number of sulfonamides is 1. The van der Waals surface area contributed by atoms with Gasteiger partial charge in [0.15, 0.2) is 0 Å². The molecule has 0 heterocycles. The van der Waals surface area contributed by atoms with Gasteiger partial charge in [0, 0.05) is 13.6 Å². The molecule has 0 fully saturated rings. The van der Waals surface area contributed by atoms with Crippen molar-refractivity contribution in [1.82, 2.24) is 5.32 Å². The maximum Gasteiger partial charge on any atom is 0.264 e. The Bertz CT molecular complexity index is 709. The minimum atomic E-state index is -3.54. The molecule has 0 aliphatic carbocycles. The minimum Gasteiger partial charge on any atom is -0.316 e. The lowest BCUT2D eigenvalue weighted by atomic mass is 10.2. The lowest BCUT2D eigenvalue weighted by molar-refractivity contribution is 0.594. The molecule has 0 atom stereocenters. The van der Waals surface area contributed by atoms with E-state index in [2.05, 4.69) is 5.32 Å². The largest absolute Gasteiger partial charge is 0.316 e. The van der Waals surface area contributed by atoms with E-state index in [1.165, 1.54) is 4.31 Å². The van der Waals surface area contributed by atoms with Crippen molar-refractivity contribution in [3.05, 3.63) is 59.7 Å². The fourth-order valence-corrected chi connectivity index (χ4v) is 3.34. The lowest BCUT2D eigenvalue weighted by Gasteiger charge is -2.20. The maximum atomic E-state index is 12.7. The standard InChI is InChI=1S/C16H20N2O2S/c1-13-7-9-15(10-8-13)18(3)21(19,20)16-6-4-5-14(11-16)12-17-2/h4-11,17H,12H2,1-3H3. The number of anilines is 1. The van der Waals surface area contributed by atoms with Crippen molar-refractivity contribution in [1.29, 1.82) is 0 Å². The molecule has 21 heavy (non-hydrogen) atoms. The van der Waals surface area contributed by atoms with Crippen LogP contribution in [0, 0.1) is 6.92 Å². The summed E-state index contributed by atoms with van der Waals surface area (Å²) in [5.41, 5.74) is 2.69. The van der Waals surface area contributed by atoms with Crippen LogP contribution in [0.3, 0.4) is 0 Å². The van der Waals surface area contributed by atoms with Crippen LogP contribution in [-0.2, 0) is 16.6 Å². The SMILES string of the molecule is CNCc1cccc(S(=O)(=O)N(C)c2ccc(C)cc2)c1. The van der Waals surface area contributed by atoms with Crippen LogP contribution in [0.1, 0.15) is 11.1 Å². The second-order valence-electron chi connectivity index (χ2n) is 4.99. The summed E-state index contributed by atoms with van der Waals surface area (Å²) in [6.45, 7) is 2.61. The average Bonchev–Trinajstić information content (AvgIpc) is 2.48. The first-order valence-corrected chi connectivity index (χ1v) is 8.18. The summed E-state index contributed by atoms with van der Waals surface area (Å²) in [6.07, 6.45) is 0. The Labute approximate surface area is 126 Å². The third-order valence-electron chi connectivity index (χ3n) is 3.34. The topological polar surface area (TPSA) is 49.4 Å². The van der Waals surface area contributed by atoms with E-state index in [4.69, 9.17) is 0 Å². The van der Waals surface area contributed by atoms with E-state index >= 15 is 0 Å². The van der Waals surface area contributed by atoms with Crippen molar-refractivity contribution in [2.45, 2.75) is 18.4 Å². The van der Waals surface area contributed by atoms with Gasteiger partial charge in [0.25, 0.3) is 10.0 Å². The first kappa shape index (κ1) is 15.5. The normalized spacial score (nSPS) is 11.4. The number of hydrogen-bond acceptors (Lipinski definition) is 3. The molecule has 0 aromatic heterocycles. The summed E-state index contributed by atoms with van der Waals surface area (Å²) in [7, 11) is -0.133. The fourth-order valence-electron chi connectivity index (χ4n) is 2.07. The monoisotopic (exact) mass is 304 g/mol. The Morgan fingerprint density at radius 3 is 2.38 bits per heavy atom. The third-order valence-corrected chi connectivity index (χ3v) is 5.12. The van der Waals surface area contributed by atoms with Gasteiger partial charge >= 0.3 is 0 Å². The van der Waals surface area contributed by atoms with Crippen LogP contribution in [-0.4, -0.2) is 22.5 Å². The number of nitrogens with zero attached hydrogens (tertiary/aromatic N) is 1. The average molecular weight is 304 g/mol. The third kappa shape index (κ3) is 3.43. The fraction of sp³-hybridized carbons (Fsp3) is 0.250. The number of nitrogens with one attached hydrogen (secondary N) is 1. The van der Waals surface area contributed by atoms with Gasteiger partial charge in [0.05, 0.1) is 10.6 Å². The van der Waals surface area contributed by atoms with Crippen molar-refractivity contribution in [3.8, 4) is 0 Å². The highest BCUT2D eigenvalue weighted by Gasteiger charge is 2.21. The van der Waals surface area contributed by atoms with Crippen molar-refractivity contribution >= 4 is 15.7 Å². The molecule has 0 radical (unpaired) electrons. The second kappa shape index (κ2) is 6.28. The first-order valence-electron chi connectivity index (χ1n) is 6.74. The van der Waals surface area contributed by atoms with Crippen LogP contribution < -0.4 is 9.62 Å². The molecule has 4 nitrogen and oxygen atoms in total. The van der Waals surface area contributed by atoms with Crippen LogP contribution in [0.25, 0.3) is 0 Å². The molecule has 0 bridgehead atoms. The van der Waals surface area contributed by atoms with Crippen LogP contribution in [0.2, 0.25) is 0 Å². The molecule has 0 amide bonds. The van der Waals surface area contributed by atoms with Crippen LogP contribution in [0.5, 0.6) is 0 Å². The van der Waals surface area contributed by atoms with Gasteiger partial charge in [-0.3, -0.25) is 4.31 Å². The highest BCUT2D eigenvalue weighted by Crippen LogP contribution is 2.22. The van der Waals surface area contributed by atoms with E-state index in [-0.39, 0.29) is 0 Å². The Morgan fingerprint density at radius 1 is 1.10 bits per heavy atom. The predicted octanol–water partition coefficient (Wildman–Crippen LogP) is 2.54. The Balaban J connectivity index is 2.36. The van der Waals surface area contributed by atoms with E-state index in [1.807, 2.05) is 44.3 Å². The molecular formula is C16H20N2O2S. The molecular weight excluding hydrogens is 284 g/mol. The summed E-state index contributed by atoms with van der Waals surface area (Å²) >= 11 is 0. The van der Waals surface area contributed by atoms with Gasteiger partial charge in [-0.25, -0.2) is 8.42 Å². The smallest absolute Gasteiger partial charge is 0.264 e. The molecule has 0 spiro atoms. The van der Waals surface area contributed by atoms with Gasteiger partial charge in [0.2, 0.25) is 0 Å². The van der Waals surface area contributed by atoms with Gasteiger partial charge < -0.3 is 5.32 Å². The number of hydrogen-bond donors (Lipinski definition) is 1. The summed E-state index contributed by atoms with van der Waals surface area (Å²) in [5.74, 6) is 0. The number of aryl methyl sites for hydroxylation is 1. The van der Waals surface area contributed by atoms with E-state index in [9.17, 15) is 8.42 Å². The zero-order valence-electron chi connectivity index (χ0n) is 12.5. The molecule has 0 unspecified atom stereocenters. The Morgan fingerprint density at radius 2 is 1.76 bits per heavy atom. The molecule has 0 aliphatic heterocycles. The van der Waals surface area contributed by atoms with Gasteiger partial charge in [-0.15, -0.1) is 0 Å². The quantitative estimate of drug-likeness (QED) is 0.923. The highest BCUT2D eigenvalue weighted by atomic mass is 32.2. The summed E-state index contributed by atoms with van der Waals surface area (Å²) in [5, 5.41) is 3.02. The Kier molecular flexibility index (Phi) is 4.65. The van der Waals surface area contributed by atoms with Gasteiger partial charge in [-0.05, 0) is 43.8 Å². The first-order chi connectivity index (χ1) is 9.95. The van der Waals surface area contributed by atoms with Gasteiger partial charge in [-0.2, -0.15) is 0 Å². The molecule has 2 aromatic carbocycles. The summed E-state index contributed by atoms with van der Waals surface area (Å²) in [6, 6.07) is 14.4. The van der Waals surface area contributed by atoms with Crippen LogP contribution in [0.15, 0.2) is 53.4 Å². The van der Waals surface area contributed by atoms with E-state index in [1.54, 1.807) is 25.2 Å². The second-order valence-corrected chi connectivity index (χ2v) is 6.96. The zero-order valence-corrected chi connectivity index (χ0v) is 13.3. The van der Waals surface area contributed by atoms with E-state index < -0.39 is 10.0 Å². The van der Waals surface area contributed by atoms with Gasteiger partial charge in [-0.1, -0.05) is 29.8 Å². The number of benzene rings is 2. The summed E-state index contributed by atoms with van der Waals surface area (Å²) < 4.78 is 26.7. The van der Waals surface area contributed by atoms with Crippen molar-refractivity contribution < 1.29 is 8.42 Å². The van der Waals surface area contributed by atoms with E-state index in [0.717, 1.165) is 11.1 Å².